The summed E-state index contributed by atoms with van der Waals surface area (Å²) in [7, 11) is 0. The minimum atomic E-state index is 0. The molecule has 3 heterocycles. The number of amides is 1. The SMILES string of the molecule is Cc1nn(-c2ccccc2)c2sc(C(=O)N3CCCC(N)C3)cc12.Cl. The van der Waals surface area contributed by atoms with Crippen LogP contribution in [0.3, 0.4) is 0 Å². The van der Waals surface area contributed by atoms with Crippen LogP contribution in [0.1, 0.15) is 28.2 Å². The lowest BCUT2D eigenvalue weighted by atomic mass is 10.1. The van der Waals surface area contributed by atoms with Gasteiger partial charge >= 0.3 is 0 Å². The van der Waals surface area contributed by atoms with Crippen molar-refractivity contribution in [2.45, 2.75) is 25.8 Å². The highest BCUT2D eigenvalue weighted by Gasteiger charge is 2.25. The van der Waals surface area contributed by atoms with Crippen molar-refractivity contribution in [3.05, 3.63) is 47.0 Å². The van der Waals surface area contributed by atoms with Gasteiger partial charge in [0.15, 0.2) is 0 Å². The van der Waals surface area contributed by atoms with Gasteiger partial charge in [-0.15, -0.1) is 23.7 Å². The zero-order valence-corrected chi connectivity index (χ0v) is 15.6. The van der Waals surface area contributed by atoms with E-state index >= 15 is 0 Å². The monoisotopic (exact) mass is 376 g/mol. The topological polar surface area (TPSA) is 64.2 Å². The number of hydrogen-bond donors (Lipinski definition) is 1. The first-order chi connectivity index (χ1) is 11.6. The van der Waals surface area contributed by atoms with Gasteiger partial charge in [-0.25, -0.2) is 4.68 Å². The van der Waals surface area contributed by atoms with E-state index in [1.807, 2.05) is 52.9 Å². The number of piperidine rings is 1. The summed E-state index contributed by atoms with van der Waals surface area (Å²) in [5.74, 6) is 0.0883. The van der Waals surface area contributed by atoms with Gasteiger partial charge in [-0.2, -0.15) is 5.10 Å². The molecule has 4 rings (SSSR count). The van der Waals surface area contributed by atoms with E-state index in [2.05, 4.69) is 5.10 Å². The van der Waals surface area contributed by atoms with E-state index in [0.717, 1.165) is 45.9 Å². The Morgan fingerprint density at radius 2 is 2.08 bits per heavy atom. The number of hydrogen-bond acceptors (Lipinski definition) is 4. The maximum Gasteiger partial charge on any atom is 0.264 e. The molecule has 1 aliphatic heterocycles. The third-order valence-electron chi connectivity index (χ3n) is 4.50. The van der Waals surface area contributed by atoms with E-state index in [-0.39, 0.29) is 24.4 Å². The van der Waals surface area contributed by atoms with Crippen molar-refractivity contribution < 1.29 is 4.79 Å². The Kier molecular flexibility index (Phi) is 5.13. The Morgan fingerprint density at radius 1 is 1.32 bits per heavy atom. The smallest absolute Gasteiger partial charge is 0.264 e. The van der Waals surface area contributed by atoms with Crippen LogP contribution in [0.25, 0.3) is 15.9 Å². The van der Waals surface area contributed by atoms with Gasteiger partial charge in [-0.3, -0.25) is 4.79 Å². The van der Waals surface area contributed by atoms with E-state index in [0.29, 0.717) is 6.54 Å². The van der Waals surface area contributed by atoms with E-state index in [9.17, 15) is 4.79 Å². The number of fused-ring (bicyclic) bond motifs is 1. The summed E-state index contributed by atoms with van der Waals surface area (Å²) in [4.78, 5) is 16.5. The molecule has 0 spiro atoms. The number of benzene rings is 1. The highest BCUT2D eigenvalue weighted by atomic mass is 35.5. The minimum absolute atomic E-state index is 0. The number of thiophene rings is 1. The van der Waals surface area contributed by atoms with E-state index in [1.54, 1.807) is 0 Å². The standard InChI is InChI=1S/C18H20N4OS.ClH/c1-12-15-10-16(17(23)21-9-5-6-13(19)11-21)24-18(15)22(20-12)14-7-3-2-4-8-14;/h2-4,7-8,10,13H,5-6,9,11,19H2,1H3;1H. The molecule has 0 radical (unpaired) electrons. The molecule has 1 aliphatic rings. The number of aromatic nitrogens is 2. The van der Waals surface area contributed by atoms with Crippen molar-refractivity contribution in [2.24, 2.45) is 5.73 Å². The van der Waals surface area contributed by atoms with Crippen molar-refractivity contribution in [3.63, 3.8) is 0 Å². The summed E-state index contributed by atoms with van der Waals surface area (Å²) in [6.07, 6.45) is 1.98. The Bertz CT molecular complexity index is 889. The molecule has 1 unspecified atom stereocenters. The molecular formula is C18H21ClN4OS. The first kappa shape index (κ1) is 17.9. The number of likely N-dealkylation sites (tertiary alicyclic amines) is 1. The van der Waals surface area contributed by atoms with Crippen LogP contribution in [0.2, 0.25) is 0 Å². The van der Waals surface area contributed by atoms with Gasteiger partial charge in [0.2, 0.25) is 0 Å². The van der Waals surface area contributed by atoms with Crippen molar-refractivity contribution in [3.8, 4) is 5.69 Å². The van der Waals surface area contributed by atoms with Crippen LogP contribution in [0.4, 0.5) is 0 Å². The predicted octanol–water partition coefficient (Wildman–Crippen LogP) is 3.38. The Morgan fingerprint density at radius 3 is 2.80 bits per heavy atom. The molecule has 2 N–H and O–H groups in total. The molecule has 1 atom stereocenters. The maximum atomic E-state index is 12.8. The van der Waals surface area contributed by atoms with Crippen LogP contribution in [-0.2, 0) is 0 Å². The molecular weight excluding hydrogens is 356 g/mol. The van der Waals surface area contributed by atoms with Crippen molar-refractivity contribution in [1.82, 2.24) is 14.7 Å². The van der Waals surface area contributed by atoms with Gasteiger partial charge in [0.1, 0.15) is 4.83 Å². The lowest BCUT2D eigenvalue weighted by molar-refractivity contribution is 0.0714. The number of carbonyl (C=O) groups excluding carboxylic acids is 1. The molecule has 1 fully saturated rings. The lowest BCUT2D eigenvalue weighted by Gasteiger charge is -2.30. The van der Waals surface area contributed by atoms with E-state index in [1.165, 1.54) is 11.3 Å². The second-order valence-corrected chi connectivity index (χ2v) is 7.35. The Hall–Kier alpha value is -1.89. The van der Waals surface area contributed by atoms with Crippen molar-refractivity contribution >= 4 is 39.9 Å². The third-order valence-corrected chi connectivity index (χ3v) is 5.60. The van der Waals surface area contributed by atoms with E-state index in [4.69, 9.17) is 5.73 Å². The molecule has 5 nitrogen and oxygen atoms in total. The van der Waals surface area contributed by atoms with E-state index < -0.39 is 0 Å². The average molecular weight is 377 g/mol. The number of carbonyl (C=O) groups is 1. The zero-order valence-electron chi connectivity index (χ0n) is 14.0. The molecule has 132 valence electrons. The molecule has 3 aromatic rings. The fourth-order valence-corrected chi connectivity index (χ4v) is 4.40. The lowest BCUT2D eigenvalue weighted by Crippen LogP contribution is -2.45. The first-order valence-electron chi connectivity index (χ1n) is 8.23. The Labute approximate surface area is 156 Å². The molecule has 0 saturated carbocycles. The van der Waals surface area contributed by atoms with Crippen LogP contribution < -0.4 is 5.73 Å². The van der Waals surface area contributed by atoms with Gasteiger partial charge in [-0.1, -0.05) is 18.2 Å². The number of nitrogens with two attached hydrogens (primary N) is 1. The summed E-state index contributed by atoms with van der Waals surface area (Å²) in [5, 5.41) is 5.68. The summed E-state index contributed by atoms with van der Waals surface area (Å²) in [6, 6.07) is 12.1. The first-order valence-corrected chi connectivity index (χ1v) is 9.04. The van der Waals surface area contributed by atoms with Gasteiger partial charge in [0.25, 0.3) is 5.91 Å². The fraction of sp³-hybridized carbons (Fsp3) is 0.333. The summed E-state index contributed by atoms with van der Waals surface area (Å²) in [6.45, 7) is 3.43. The number of para-hydroxylation sites is 1. The van der Waals surface area contributed by atoms with Gasteiger partial charge in [0, 0.05) is 24.5 Å². The number of rotatable bonds is 2. The van der Waals surface area contributed by atoms with Gasteiger partial charge in [-0.05, 0) is 38.0 Å². The van der Waals surface area contributed by atoms with Gasteiger partial charge in [0.05, 0.1) is 16.3 Å². The normalized spacial score (nSPS) is 17.5. The summed E-state index contributed by atoms with van der Waals surface area (Å²) >= 11 is 1.51. The largest absolute Gasteiger partial charge is 0.336 e. The fourth-order valence-electron chi connectivity index (χ4n) is 3.25. The van der Waals surface area contributed by atoms with Gasteiger partial charge < -0.3 is 10.6 Å². The summed E-state index contributed by atoms with van der Waals surface area (Å²) in [5.41, 5.74) is 7.97. The van der Waals surface area contributed by atoms with Crippen LogP contribution in [0.15, 0.2) is 36.4 Å². The average Bonchev–Trinajstić information content (AvgIpc) is 3.16. The number of aryl methyl sites for hydroxylation is 1. The van der Waals surface area contributed by atoms with Crippen LogP contribution in [-0.4, -0.2) is 39.7 Å². The highest BCUT2D eigenvalue weighted by Crippen LogP contribution is 2.31. The molecule has 1 saturated heterocycles. The second-order valence-electron chi connectivity index (χ2n) is 6.32. The molecule has 7 heteroatoms. The molecule has 25 heavy (non-hydrogen) atoms. The molecule has 1 aromatic carbocycles. The molecule has 0 aliphatic carbocycles. The van der Waals surface area contributed by atoms with Crippen LogP contribution >= 0.6 is 23.7 Å². The quantitative estimate of drug-likeness (QED) is 0.745. The number of nitrogens with zero attached hydrogens (tertiary/aromatic N) is 3. The maximum absolute atomic E-state index is 12.8. The predicted molar refractivity (Wildman–Crippen MR) is 104 cm³/mol. The van der Waals surface area contributed by atoms with Crippen molar-refractivity contribution in [1.29, 1.82) is 0 Å². The second kappa shape index (κ2) is 7.15. The molecule has 1 amide bonds. The number of halogens is 1. The molecule has 0 bridgehead atoms. The van der Waals surface area contributed by atoms with Crippen molar-refractivity contribution in [2.75, 3.05) is 13.1 Å². The molecule has 2 aromatic heterocycles. The zero-order chi connectivity index (χ0) is 16.7. The van der Waals surface area contributed by atoms with Crippen LogP contribution in [0, 0.1) is 6.92 Å². The summed E-state index contributed by atoms with van der Waals surface area (Å²) < 4.78 is 1.92. The minimum Gasteiger partial charge on any atom is -0.336 e. The highest BCUT2D eigenvalue weighted by molar-refractivity contribution is 7.20. The van der Waals surface area contributed by atoms with Crippen LogP contribution in [0.5, 0.6) is 0 Å². The Balaban J connectivity index is 0.00000182. The third kappa shape index (κ3) is 3.29.